The normalized spacial score (nSPS) is 15.8. The maximum absolute atomic E-state index is 13.4. The average molecular weight is 541 g/mol. The molecule has 0 saturated carbocycles. The van der Waals surface area contributed by atoms with E-state index in [2.05, 4.69) is 26.8 Å². The minimum absolute atomic E-state index is 0.0654. The quantitative estimate of drug-likeness (QED) is 0.363. The van der Waals surface area contributed by atoms with E-state index in [-0.39, 0.29) is 24.8 Å². The molecule has 5 rings (SSSR count). The van der Waals surface area contributed by atoms with E-state index in [0.29, 0.717) is 6.42 Å². The first-order valence-corrected chi connectivity index (χ1v) is 13.6. The van der Waals surface area contributed by atoms with Crippen molar-refractivity contribution in [2.45, 2.75) is 25.3 Å². The molecule has 1 aromatic heterocycles. The van der Waals surface area contributed by atoms with Gasteiger partial charge in [0.05, 0.1) is 22.8 Å². The fourth-order valence-corrected chi connectivity index (χ4v) is 4.90. The van der Waals surface area contributed by atoms with Crippen LogP contribution in [0.15, 0.2) is 90.3 Å². The Morgan fingerprint density at radius 3 is 2.28 bits per heavy atom. The zero-order valence-electron chi connectivity index (χ0n) is 21.7. The molecule has 0 saturated heterocycles. The first-order chi connectivity index (χ1) is 18.9. The van der Waals surface area contributed by atoms with Crippen molar-refractivity contribution in [2.75, 3.05) is 14.1 Å². The summed E-state index contributed by atoms with van der Waals surface area (Å²) in [5.41, 5.74) is 6.30. The predicted molar refractivity (Wildman–Crippen MR) is 151 cm³/mol. The molecule has 2 heterocycles. The summed E-state index contributed by atoms with van der Waals surface area (Å²) in [5.74, 6) is -0.756. The van der Waals surface area contributed by atoms with Crippen molar-refractivity contribution in [1.82, 2.24) is 24.0 Å². The van der Waals surface area contributed by atoms with Gasteiger partial charge in [0.1, 0.15) is 0 Å². The molecule has 0 bridgehead atoms. The van der Waals surface area contributed by atoms with Crippen molar-refractivity contribution in [1.29, 1.82) is 0 Å². The van der Waals surface area contributed by atoms with Crippen LogP contribution in [-0.4, -0.2) is 55.1 Å². The second-order valence-electron chi connectivity index (χ2n) is 9.34. The van der Waals surface area contributed by atoms with Gasteiger partial charge in [-0.15, -0.1) is 0 Å². The van der Waals surface area contributed by atoms with Crippen molar-refractivity contribution in [3.8, 4) is 11.1 Å². The molecule has 1 aliphatic rings. The molecule has 1 N–H and O–H groups in total. The maximum Gasteiger partial charge on any atom is 0.243 e. The van der Waals surface area contributed by atoms with Gasteiger partial charge in [0, 0.05) is 45.8 Å². The summed E-state index contributed by atoms with van der Waals surface area (Å²) in [6.45, 7) is 0. The van der Waals surface area contributed by atoms with Gasteiger partial charge >= 0.3 is 0 Å². The Kier molecular flexibility index (Phi) is 7.85. The highest BCUT2D eigenvalue weighted by Gasteiger charge is 2.33. The first-order valence-electron chi connectivity index (χ1n) is 12.5. The van der Waals surface area contributed by atoms with Crippen LogP contribution in [0.2, 0.25) is 0 Å². The van der Waals surface area contributed by atoms with Crippen LogP contribution < -0.4 is 4.72 Å². The lowest BCUT2D eigenvalue weighted by Gasteiger charge is -2.22. The van der Waals surface area contributed by atoms with Crippen LogP contribution in [0, 0.1) is 0 Å². The van der Waals surface area contributed by atoms with Gasteiger partial charge in [0.15, 0.2) is 11.2 Å². The summed E-state index contributed by atoms with van der Waals surface area (Å²) in [7, 11) is 3.18. The van der Waals surface area contributed by atoms with Gasteiger partial charge in [-0.25, -0.2) is 13.5 Å². The van der Waals surface area contributed by atoms with Crippen LogP contribution in [0.25, 0.3) is 22.2 Å². The maximum atomic E-state index is 13.4. The molecule has 0 fully saturated rings. The van der Waals surface area contributed by atoms with E-state index in [1.807, 2.05) is 60.7 Å². The first kappa shape index (κ1) is 26.3. The number of nitrogens with zero attached hydrogens (tertiary/aromatic N) is 5. The molecule has 39 heavy (non-hydrogen) atoms. The van der Waals surface area contributed by atoms with Crippen LogP contribution in [0.5, 0.6) is 0 Å². The molecule has 2 unspecified atom stereocenters. The van der Waals surface area contributed by atoms with Crippen molar-refractivity contribution in [2.24, 2.45) is 5.10 Å². The fourth-order valence-electron chi connectivity index (χ4n) is 4.42. The number of hydrazone groups is 1. The number of fused-ring (bicyclic) bond motifs is 1. The fraction of sp³-hybridized carbons (Fsp3) is 0.207. The highest BCUT2D eigenvalue weighted by atomic mass is 32.2. The van der Waals surface area contributed by atoms with E-state index in [0.717, 1.165) is 39.0 Å². The third-order valence-electron chi connectivity index (χ3n) is 6.47. The third kappa shape index (κ3) is 6.08. The Bertz CT molecular complexity index is 1560. The number of aromatic nitrogens is 2. The van der Waals surface area contributed by atoms with E-state index in [4.69, 9.17) is 5.10 Å². The molecule has 0 aliphatic carbocycles. The number of rotatable bonds is 8. The molecule has 2 amide bonds. The average Bonchev–Trinajstić information content (AvgIpc) is 3.42. The highest BCUT2D eigenvalue weighted by molar-refractivity contribution is 7.81. The molecular formula is C29H28N6O3S. The summed E-state index contributed by atoms with van der Waals surface area (Å²) < 4.78 is 15.6. The number of hydrogen-bond acceptors (Lipinski definition) is 6. The summed E-state index contributed by atoms with van der Waals surface area (Å²) >= 11 is -1.65. The summed E-state index contributed by atoms with van der Waals surface area (Å²) in [5, 5.41) is 6.20. The minimum atomic E-state index is -1.65. The molecular weight excluding hydrogens is 512 g/mol. The lowest BCUT2D eigenvalue weighted by molar-refractivity contribution is -0.134. The van der Waals surface area contributed by atoms with Crippen LogP contribution >= 0.6 is 0 Å². The summed E-state index contributed by atoms with van der Waals surface area (Å²) in [6, 6.07) is 23.6. The molecule has 10 heteroatoms. The van der Waals surface area contributed by atoms with Gasteiger partial charge in [0.2, 0.25) is 11.8 Å². The largest absolute Gasteiger partial charge is 0.274 e. The Morgan fingerprint density at radius 1 is 0.897 bits per heavy atom. The monoisotopic (exact) mass is 540 g/mol. The second-order valence-corrected chi connectivity index (χ2v) is 10.8. The number of amides is 2. The van der Waals surface area contributed by atoms with E-state index < -0.39 is 17.1 Å². The van der Waals surface area contributed by atoms with Crippen molar-refractivity contribution < 1.29 is 13.8 Å². The zero-order valence-corrected chi connectivity index (χ0v) is 22.5. The van der Waals surface area contributed by atoms with E-state index in [9.17, 15) is 13.8 Å². The van der Waals surface area contributed by atoms with Gasteiger partial charge in [0.25, 0.3) is 0 Å². The van der Waals surface area contributed by atoms with E-state index in [1.165, 1.54) is 9.31 Å². The molecule has 1 aliphatic heterocycles. The number of hydrogen-bond donors (Lipinski definition) is 1. The number of benzene rings is 3. The standard InChI is InChI=1S/C29H28N6O3S/c1-34(2)39(38)33-28(36)14-15-29(37)35-27(23-12-13-24-26(18-23)31-17-16-30-24)19-25(32-35)22-10-8-21(9-11-22)20-6-4-3-5-7-20/h3-13,16-18,27H,14-15,19H2,1-2H3,(H,33,36). The molecule has 198 valence electrons. The lowest BCUT2D eigenvalue weighted by atomic mass is 9.96. The highest BCUT2D eigenvalue weighted by Crippen LogP contribution is 2.35. The molecule has 4 aromatic rings. The van der Waals surface area contributed by atoms with E-state index in [1.54, 1.807) is 26.5 Å². The number of carbonyl (C=O) groups excluding carboxylic acids is 2. The van der Waals surface area contributed by atoms with Crippen LogP contribution in [0.4, 0.5) is 0 Å². The Morgan fingerprint density at radius 2 is 1.56 bits per heavy atom. The topological polar surface area (TPSA) is 108 Å². The van der Waals surface area contributed by atoms with Gasteiger partial charge in [-0.3, -0.25) is 24.3 Å². The number of carbonyl (C=O) groups is 2. The Balaban J connectivity index is 1.39. The molecule has 0 spiro atoms. The van der Waals surface area contributed by atoms with Crippen molar-refractivity contribution in [3.63, 3.8) is 0 Å². The van der Waals surface area contributed by atoms with Crippen molar-refractivity contribution >= 4 is 39.7 Å². The Labute approximate surface area is 229 Å². The molecule has 3 aromatic carbocycles. The molecule has 2 atom stereocenters. The molecule has 9 nitrogen and oxygen atoms in total. The van der Waals surface area contributed by atoms with Gasteiger partial charge in [-0.2, -0.15) is 5.10 Å². The second kappa shape index (κ2) is 11.6. The number of nitrogens with one attached hydrogen (secondary N) is 1. The van der Waals surface area contributed by atoms with Gasteiger partial charge in [-0.05, 0) is 34.4 Å². The predicted octanol–water partition coefficient (Wildman–Crippen LogP) is 4.01. The third-order valence-corrected chi connectivity index (χ3v) is 7.53. The zero-order chi connectivity index (χ0) is 27.4. The lowest BCUT2D eigenvalue weighted by Crippen LogP contribution is -2.35. The smallest absolute Gasteiger partial charge is 0.243 e. The van der Waals surface area contributed by atoms with Crippen LogP contribution in [0.1, 0.15) is 36.4 Å². The Hall–Kier alpha value is -4.28. The summed E-state index contributed by atoms with van der Waals surface area (Å²) in [4.78, 5) is 34.4. The van der Waals surface area contributed by atoms with Crippen molar-refractivity contribution in [3.05, 3.63) is 96.3 Å². The van der Waals surface area contributed by atoms with E-state index >= 15 is 0 Å². The minimum Gasteiger partial charge on any atom is -0.274 e. The SMILES string of the molecule is CN(C)S(=O)NC(=O)CCC(=O)N1N=C(c2ccc(-c3ccccc3)cc2)CC1c1ccc2nccnc2c1. The van der Waals surface area contributed by atoms with Crippen LogP contribution in [-0.2, 0) is 20.8 Å². The van der Waals surface area contributed by atoms with Gasteiger partial charge in [-0.1, -0.05) is 60.7 Å². The summed E-state index contributed by atoms with van der Waals surface area (Å²) in [6.07, 6.45) is 3.63. The molecule has 0 radical (unpaired) electrons. The van der Waals surface area contributed by atoms with Gasteiger partial charge < -0.3 is 0 Å². The van der Waals surface area contributed by atoms with Crippen LogP contribution in [0.3, 0.4) is 0 Å².